The Morgan fingerprint density at radius 1 is 1.38 bits per heavy atom. The van der Waals surface area contributed by atoms with Crippen LogP contribution in [0.25, 0.3) is 0 Å². The van der Waals surface area contributed by atoms with Crippen molar-refractivity contribution in [3.8, 4) is 0 Å². The summed E-state index contributed by atoms with van der Waals surface area (Å²) in [6.07, 6.45) is 2.13. The van der Waals surface area contributed by atoms with Crippen molar-refractivity contribution < 1.29 is 5.11 Å². The molecule has 3 N–H and O–H groups in total. The van der Waals surface area contributed by atoms with E-state index in [0.29, 0.717) is 12.0 Å². The maximum absolute atomic E-state index is 10.1. The van der Waals surface area contributed by atoms with Gasteiger partial charge in [0.2, 0.25) is 0 Å². The summed E-state index contributed by atoms with van der Waals surface area (Å²) < 4.78 is 0. The molecule has 0 amide bonds. The SMILES string of the molecule is CC1CNC(C(O)C2CCNC2)C1. The van der Waals surface area contributed by atoms with E-state index in [0.717, 1.165) is 38.4 Å². The van der Waals surface area contributed by atoms with Gasteiger partial charge in [-0.25, -0.2) is 0 Å². The Balaban J connectivity index is 1.85. The summed E-state index contributed by atoms with van der Waals surface area (Å²) in [7, 11) is 0. The van der Waals surface area contributed by atoms with Crippen molar-refractivity contribution in [2.24, 2.45) is 11.8 Å². The first-order chi connectivity index (χ1) is 6.27. The van der Waals surface area contributed by atoms with E-state index in [9.17, 15) is 5.11 Å². The summed E-state index contributed by atoms with van der Waals surface area (Å²) in [4.78, 5) is 0. The number of aliphatic hydroxyl groups is 1. The predicted octanol–water partition coefficient (Wildman–Crippen LogP) is -0.0452. The highest BCUT2D eigenvalue weighted by Gasteiger charge is 2.33. The Labute approximate surface area is 79.9 Å². The molecule has 0 bridgehead atoms. The molecule has 2 rings (SSSR count). The van der Waals surface area contributed by atoms with Gasteiger partial charge in [-0.1, -0.05) is 6.92 Å². The van der Waals surface area contributed by atoms with Crippen LogP contribution in [-0.4, -0.2) is 36.9 Å². The topological polar surface area (TPSA) is 44.3 Å². The van der Waals surface area contributed by atoms with Gasteiger partial charge in [0.05, 0.1) is 6.10 Å². The fraction of sp³-hybridized carbons (Fsp3) is 1.00. The quantitative estimate of drug-likeness (QED) is 0.564. The molecule has 2 aliphatic rings. The molecule has 3 nitrogen and oxygen atoms in total. The van der Waals surface area contributed by atoms with Crippen molar-refractivity contribution in [1.82, 2.24) is 10.6 Å². The third kappa shape index (κ3) is 2.03. The molecule has 0 aromatic heterocycles. The van der Waals surface area contributed by atoms with Crippen molar-refractivity contribution in [1.29, 1.82) is 0 Å². The molecule has 0 spiro atoms. The summed E-state index contributed by atoms with van der Waals surface area (Å²) in [6, 6.07) is 0.347. The van der Waals surface area contributed by atoms with Gasteiger partial charge in [-0.3, -0.25) is 0 Å². The molecule has 13 heavy (non-hydrogen) atoms. The first-order valence-corrected chi connectivity index (χ1v) is 5.39. The van der Waals surface area contributed by atoms with Gasteiger partial charge in [-0.15, -0.1) is 0 Å². The summed E-state index contributed by atoms with van der Waals surface area (Å²) >= 11 is 0. The zero-order valence-corrected chi connectivity index (χ0v) is 8.29. The lowest BCUT2D eigenvalue weighted by Crippen LogP contribution is -2.40. The first-order valence-electron chi connectivity index (χ1n) is 5.39. The fourth-order valence-electron chi connectivity index (χ4n) is 2.51. The van der Waals surface area contributed by atoms with E-state index in [1.165, 1.54) is 0 Å². The van der Waals surface area contributed by atoms with E-state index in [-0.39, 0.29) is 6.10 Å². The van der Waals surface area contributed by atoms with Gasteiger partial charge in [0, 0.05) is 18.5 Å². The van der Waals surface area contributed by atoms with Gasteiger partial charge in [0.1, 0.15) is 0 Å². The Kier molecular flexibility index (Phi) is 2.86. The van der Waals surface area contributed by atoms with Crippen LogP contribution in [0.15, 0.2) is 0 Å². The molecule has 0 radical (unpaired) electrons. The molecule has 3 heteroatoms. The molecule has 4 unspecified atom stereocenters. The molecule has 2 saturated heterocycles. The van der Waals surface area contributed by atoms with Gasteiger partial charge in [-0.05, 0) is 31.8 Å². The molecule has 0 aromatic carbocycles. The van der Waals surface area contributed by atoms with Crippen LogP contribution in [0.1, 0.15) is 19.8 Å². The lowest BCUT2D eigenvalue weighted by atomic mass is 9.93. The van der Waals surface area contributed by atoms with Crippen molar-refractivity contribution in [2.75, 3.05) is 19.6 Å². The minimum atomic E-state index is -0.139. The molecule has 4 atom stereocenters. The molecule has 0 saturated carbocycles. The van der Waals surface area contributed by atoms with Crippen LogP contribution in [-0.2, 0) is 0 Å². The molecule has 2 aliphatic heterocycles. The van der Waals surface area contributed by atoms with Crippen molar-refractivity contribution in [2.45, 2.75) is 31.9 Å². The average molecular weight is 184 g/mol. The second-order valence-electron chi connectivity index (χ2n) is 4.60. The fourth-order valence-corrected chi connectivity index (χ4v) is 2.51. The first kappa shape index (κ1) is 9.44. The number of hydrogen-bond donors (Lipinski definition) is 3. The molecule has 0 aromatic rings. The van der Waals surface area contributed by atoms with Gasteiger partial charge in [0.25, 0.3) is 0 Å². The maximum atomic E-state index is 10.1. The molecule has 2 heterocycles. The van der Waals surface area contributed by atoms with E-state index in [1.54, 1.807) is 0 Å². The van der Waals surface area contributed by atoms with Crippen molar-refractivity contribution in [3.63, 3.8) is 0 Å². The number of nitrogens with one attached hydrogen (secondary N) is 2. The predicted molar refractivity (Wildman–Crippen MR) is 52.6 cm³/mol. The standard InChI is InChI=1S/C10H20N2O/c1-7-4-9(12-5-7)10(13)8-2-3-11-6-8/h7-13H,2-6H2,1H3. The lowest BCUT2D eigenvalue weighted by Gasteiger charge is -2.23. The van der Waals surface area contributed by atoms with Gasteiger partial charge < -0.3 is 15.7 Å². The minimum absolute atomic E-state index is 0.139. The van der Waals surface area contributed by atoms with Crippen LogP contribution in [0.4, 0.5) is 0 Å². The van der Waals surface area contributed by atoms with Crippen LogP contribution >= 0.6 is 0 Å². The van der Waals surface area contributed by atoms with Gasteiger partial charge >= 0.3 is 0 Å². The van der Waals surface area contributed by atoms with Crippen LogP contribution in [0, 0.1) is 11.8 Å². The average Bonchev–Trinajstić information content (AvgIpc) is 2.72. The second-order valence-corrected chi connectivity index (χ2v) is 4.60. The Bertz CT molecular complexity index is 168. The molecular weight excluding hydrogens is 164 g/mol. The van der Waals surface area contributed by atoms with E-state index in [4.69, 9.17) is 0 Å². The molecule has 2 fully saturated rings. The van der Waals surface area contributed by atoms with Gasteiger partial charge in [0.15, 0.2) is 0 Å². The largest absolute Gasteiger partial charge is 0.391 e. The minimum Gasteiger partial charge on any atom is -0.391 e. The van der Waals surface area contributed by atoms with Crippen LogP contribution < -0.4 is 10.6 Å². The molecular formula is C10H20N2O. The van der Waals surface area contributed by atoms with E-state index in [2.05, 4.69) is 17.6 Å². The van der Waals surface area contributed by atoms with E-state index in [1.807, 2.05) is 0 Å². The lowest BCUT2D eigenvalue weighted by molar-refractivity contribution is 0.0823. The third-order valence-electron chi connectivity index (χ3n) is 3.38. The summed E-state index contributed by atoms with van der Waals surface area (Å²) in [5, 5.41) is 16.8. The third-order valence-corrected chi connectivity index (χ3v) is 3.38. The zero-order chi connectivity index (χ0) is 9.26. The zero-order valence-electron chi connectivity index (χ0n) is 8.29. The summed E-state index contributed by atoms with van der Waals surface area (Å²) in [5.74, 6) is 1.21. The molecule has 76 valence electrons. The molecule has 0 aliphatic carbocycles. The normalized spacial score (nSPS) is 42.5. The highest BCUT2D eigenvalue weighted by molar-refractivity contribution is 4.90. The van der Waals surface area contributed by atoms with Crippen LogP contribution in [0.5, 0.6) is 0 Å². The smallest absolute Gasteiger partial charge is 0.0733 e. The highest BCUT2D eigenvalue weighted by Crippen LogP contribution is 2.22. The number of rotatable bonds is 2. The van der Waals surface area contributed by atoms with Crippen LogP contribution in [0.3, 0.4) is 0 Å². The van der Waals surface area contributed by atoms with Crippen LogP contribution in [0.2, 0.25) is 0 Å². The monoisotopic (exact) mass is 184 g/mol. The highest BCUT2D eigenvalue weighted by atomic mass is 16.3. The van der Waals surface area contributed by atoms with Crippen molar-refractivity contribution >= 4 is 0 Å². The van der Waals surface area contributed by atoms with E-state index >= 15 is 0 Å². The Morgan fingerprint density at radius 3 is 2.77 bits per heavy atom. The maximum Gasteiger partial charge on any atom is 0.0733 e. The summed E-state index contributed by atoms with van der Waals surface area (Å²) in [6.45, 7) is 5.38. The second kappa shape index (κ2) is 3.95. The summed E-state index contributed by atoms with van der Waals surface area (Å²) in [5.41, 5.74) is 0. The Morgan fingerprint density at radius 2 is 2.23 bits per heavy atom. The van der Waals surface area contributed by atoms with E-state index < -0.39 is 0 Å². The number of aliphatic hydroxyl groups excluding tert-OH is 1. The number of hydrogen-bond acceptors (Lipinski definition) is 3. The Hall–Kier alpha value is -0.120. The van der Waals surface area contributed by atoms with Gasteiger partial charge in [-0.2, -0.15) is 0 Å². The van der Waals surface area contributed by atoms with Crippen molar-refractivity contribution in [3.05, 3.63) is 0 Å².